The molecule has 0 aliphatic carbocycles. The van der Waals surface area contributed by atoms with Crippen LogP contribution in [-0.2, 0) is 4.79 Å². The highest BCUT2D eigenvalue weighted by atomic mass is 32.1. The lowest BCUT2D eigenvalue weighted by Crippen LogP contribution is -2.36. The summed E-state index contributed by atoms with van der Waals surface area (Å²) >= 11 is 1.42. The number of thiophene rings is 1. The molecule has 1 unspecified atom stereocenters. The highest BCUT2D eigenvalue weighted by Crippen LogP contribution is 2.13. The Morgan fingerprint density at radius 3 is 2.73 bits per heavy atom. The molecule has 4 N–H and O–H groups in total. The zero-order valence-corrected chi connectivity index (χ0v) is 9.13. The SMILES string of the molecule is NC(=O)C(N)CCCC(=O)c1cccs1. The first-order valence-corrected chi connectivity index (χ1v) is 5.61. The van der Waals surface area contributed by atoms with E-state index in [9.17, 15) is 9.59 Å². The Morgan fingerprint density at radius 1 is 1.47 bits per heavy atom. The van der Waals surface area contributed by atoms with Crippen molar-refractivity contribution < 1.29 is 9.59 Å². The van der Waals surface area contributed by atoms with E-state index in [0.717, 1.165) is 4.88 Å². The first kappa shape index (κ1) is 11.9. The topological polar surface area (TPSA) is 86.2 Å². The van der Waals surface area contributed by atoms with Crippen molar-refractivity contribution >= 4 is 23.0 Å². The number of hydrogen-bond donors (Lipinski definition) is 2. The normalized spacial score (nSPS) is 12.3. The van der Waals surface area contributed by atoms with Gasteiger partial charge in [0.1, 0.15) is 0 Å². The highest BCUT2D eigenvalue weighted by Gasteiger charge is 2.11. The predicted octanol–water partition coefficient (Wildman–Crippen LogP) is 0.914. The third-order valence-electron chi connectivity index (χ3n) is 2.08. The molecule has 1 aromatic heterocycles. The van der Waals surface area contributed by atoms with Crippen LogP contribution in [0, 0.1) is 0 Å². The quantitative estimate of drug-likeness (QED) is 0.707. The van der Waals surface area contributed by atoms with Crippen molar-refractivity contribution in [3.8, 4) is 0 Å². The Balaban J connectivity index is 2.27. The average molecular weight is 226 g/mol. The van der Waals surface area contributed by atoms with E-state index in [4.69, 9.17) is 11.5 Å². The standard InChI is InChI=1S/C10H14N2O2S/c11-7(10(12)14)3-1-4-8(13)9-5-2-6-15-9/h2,5-7H,1,3-4,11H2,(H2,12,14). The van der Waals surface area contributed by atoms with Crippen LogP contribution in [0.1, 0.15) is 28.9 Å². The Bertz CT molecular complexity index is 335. The summed E-state index contributed by atoms with van der Waals surface area (Å²) in [6.07, 6.45) is 1.48. The number of ketones is 1. The molecule has 5 heteroatoms. The van der Waals surface area contributed by atoms with Crippen LogP contribution in [0.2, 0.25) is 0 Å². The zero-order chi connectivity index (χ0) is 11.3. The molecule has 4 nitrogen and oxygen atoms in total. The lowest BCUT2D eigenvalue weighted by Gasteiger charge is -2.05. The van der Waals surface area contributed by atoms with Crippen molar-refractivity contribution in [1.29, 1.82) is 0 Å². The molecule has 1 rings (SSSR count). The van der Waals surface area contributed by atoms with Crippen molar-refractivity contribution in [2.75, 3.05) is 0 Å². The van der Waals surface area contributed by atoms with Gasteiger partial charge in [-0.05, 0) is 24.3 Å². The maximum Gasteiger partial charge on any atom is 0.234 e. The molecule has 15 heavy (non-hydrogen) atoms. The van der Waals surface area contributed by atoms with E-state index < -0.39 is 11.9 Å². The minimum absolute atomic E-state index is 0.0988. The monoisotopic (exact) mass is 226 g/mol. The Labute approximate surface area is 92.3 Å². The van der Waals surface area contributed by atoms with E-state index in [0.29, 0.717) is 19.3 Å². The van der Waals surface area contributed by atoms with Gasteiger partial charge in [-0.25, -0.2) is 0 Å². The fourth-order valence-electron chi connectivity index (χ4n) is 1.19. The molecule has 0 aliphatic rings. The van der Waals surface area contributed by atoms with Gasteiger partial charge in [0, 0.05) is 6.42 Å². The molecule has 1 atom stereocenters. The van der Waals surface area contributed by atoms with Crippen LogP contribution < -0.4 is 11.5 Å². The molecule has 1 amide bonds. The van der Waals surface area contributed by atoms with E-state index in [-0.39, 0.29) is 5.78 Å². The third kappa shape index (κ3) is 3.81. The highest BCUT2D eigenvalue weighted by molar-refractivity contribution is 7.12. The molecular formula is C10H14N2O2S. The Kier molecular flexibility index (Phi) is 4.45. The molecule has 0 aliphatic heterocycles. The molecule has 1 aromatic rings. The molecular weight excluding hydrogens is 212 g/mol. The molecule has 0 aromatic carbocycles. The molecule has 82 valence electrons. The summed E-state index contributed by atoms with van der Waals surface area (Å²) in [4.78, 5) is 22.9. The number of nitrogens with two attached hydrogens (primary N) is 2. The second-order valence-electron chi connectivity index (χ2n) is 3.30. The first-order valence-electron chi connectivity index (χ1n) is 4.73. The number of Topliss-reactive ketones (excluding diaryl/α,β-unsaturated/α-hetero) is 1. The first-order chi connectivity index (χ1) is 7.11. The summed E-state index contributed by atoms with van der Waals surface area (Å²) in [5.74, 6) is -0.416. The maximum atomic E-state index is 11.5. The molecule has 0 radical (unpaired) electrons. The van der Waals surface area contributed by atoms with Crippen LogP contribution in [-0.4, -0.2) is 17.7 Å². The third-order valence-corrected chi connectivity index (χ3v) is 2.99. The summed E-state index contributed by atoms with van der Waals surface area (Å²) in [7, 11) is 0. The molecule has 0 spiro atoms. The number of rotatable bonds is 6. The van der Waals surface area contributed by atoms with Gasteiger partial charge in [0.05, 0.1) is 10.9 Å². The van der Waals surface area contributed by atoms with E-state index in [1.54, 1.807) is 6.07 Å². The number of carbonyl (C=O) groups excluding carboxylic acids is 2. The van der Waals surface area contributed by atoms with Crippen LogP contribution in [0.25, 0.3) is 0 Å². The van der Waals surface area contributed by atoms with Crippen LogP contribution in [0.3, 0.4) is 0 Å². The van der Waals surface area contributed by atoms with Crippen molar-refractivity contribution in [1.82, 2.24) is 0 Å². The van der Waals surface area contributed by atoms with Gasteiger partial charge < -0.3 is 11.5 Å². The zero-order valence-electron chi connectivity index (χ0n) is 8.31. The van der Waals surface area contributed by atoms with Crippen LogP contribution >= 0.6 is 11.3 Å². The van der Waals surface area contributed by atoms with Crippen molar-refractivity contribution in [2.45, 2.75) is 25.3 Å². The van der Waals surface area contributed by atoms with Gasteiger partial charge >= 0.3 is 0 Å². The lowest BCUT2D eigenvalue weighted by molar-refractivity contribution is -0.119. The van der Waals surface area contributed by atoms with Gasteiger partial charge in [-0.15, -0.1) is 11.3 Å². The smallest absolute Gasteiger partial charge is 0.234 e. The molecule has 0 bridgehead atoms. The fraction of sp³-hybridized carbons (Fsp3) is 0.400. The van der Waals surface area contributed by atoms with Gasteiger partial charge in [0.25, 0.3) is 0 Å². The molecule has 1 heterocycles. The average Bonchev–Trinajstić information content (AvgIpc) is 2.70. The van der Waals surface area contributed by atoms with E-state index in [1.165, 1.54) is 11.3 Å². The summed E-state index contributed by atoms with van der Waals surface area (Å²) < 4.78 is 0. The maximum absolute atomic E-state index is 11.5. The number of carbonyl (C=O) groups is 2. The van der Waals surface area contributed by atoms with Crippen molar-refractivity contribution in [3.05, 3.63) is 22.4 Å². The van der Waals surface area contributed by atoms with Gasteiger partial charge in [0.2, 0.25) is 5.91 Å². The summed E-state index contributed by atoms with van der Waals surface area (Å²) in [6, 6.07) is 3.00. The molecule has 0 saturated heterocycles. The van der Waals surface area contributed by atoms with Gasteiger partial charge in [0.15, 0.2) is 5.78 Å². The summed E-state index contributed by atoms with van der Waals surface area (Å²) in [5, 5.41) is 1.86. The Morgan fingerprint density at radius 2 is 2.20 bits per heavy atom. The van der Waals surface area contributed by atoms with Gasteiger partial charge in [-0.3, -0.25) is 9.59 Å². The van der Waals surface area contributed by atoms with Gasteiger partial charge in [-0.1, -0.05) is 6.07 Å². The van der Waals surface area contributed by atoms with Crippen molar-refractivity contribution in [3.63, 3.8) is 0 Å². The largest absolute Gasteiger partial charge is 0.368 e. The van der Waals surface area contributed by atoms with Crippen LogP contribution in [0.5, 0.6) is 0 Å². The Hall–Kier alpha value is -1.20. The minimum Gasteiger partial charge on any atom is -0.368 e. The number of amides is 1. The lowest BCUT2D eigenvalue weighted by atomic mass is 10.1. The molecule has 0 saturated carbocycles. The summed E-state index contributed by atoms with van der Waals surface area (Å²) in [6.45, 7) is 0. The van der Waals surface area contributed by atoms with Crippen LogP contribution in [0.15, 0.2) is 17.5 Å². The predicted molar refractivity (Wildman–Crippen MR) is 59.7 cm³/mol. The minimum atomic E-state index is -0.638. The van der Waals surface area contributed by atoms with Gasteiger partial charge in [-0.2, -0.15) is 0 Å². The van der Waals surface area contributed by atoms with E-state index in [1.807, 2.05) is 11.4 Å². The second kappa shape index (κ2) is 5.63. The summed E-state index contributed by atoms with van der Waals surface area (Å²) in [5.41, 5.74) is 10.4. The number of hydrogen-bond acceptors (Lipinski definition) is 4. The second-order valence-corrected chi connectivity index (χ2v) is 4.25. The fourth-order valence-corrected chi connectivity index (χ4v) is 1.88. The van der Waals surface area contributed by atoms with E-state index >= 15 is 0 Å². The van der Waals surface area contributed by atoms with Crippen LogP contribution in [0.4, 0.5) is 0 Å². The van der Waals surface area contributed by atoms with Crippen molar-refractivity contribution in [2.24, 2.45) is 11.5 Å². The van der Waals surface area contributed by atoms with E-state index in [2.05, 4.69) is 0 Å². The molecule has 0 fully saturated rings. The number of primary amides is 1.